The van der Waals surface area contributed by atoms with Crippen molar-refractivity contribution < 1.29 is 128 Å². The maximum Gasteiger partial charge on any atom is 0.474 e. The summed E-state index contributed by atoms with van der Waals surface area (Å²) in [5, 5.41) is 62.0. The Balaban J connectivity index is 0.000000333. The number of hydrogen-bond donors (Lipinski definition) is 6. The minimum absolute atomic E-state index is 0.0774. The van der Waals surface area contributed by atoms with Crippen molar-refractivity contribution in [1.82, 2.24) is 0 Å². The number of aromatic nitrogens is 3. The number of carbonyl (C=O) groups excluding carboxylic acids is 3. The third kappa shape index (κ3) is 32.8. The van der Waals surface area contributed by atoms with Gasteiger partial charge in [0.1, 0.15) is 36.6 Å². The van der Waals surface area contributed by atoms with Crippen molar-refractivity contribution in [3.05, 3.63) is 90.3 Å². The topological polar surface area (TPSA) is 346 Å². The molecule has 0 saturated carbocycles. The molecule has 0 aromatic carbocycles. The molecule has 3 fully saturated rings. The van der Waals surface area contributed by atoms with Gasteiger partial charge in [0, 0.05) is 72.2 Å². The number of hydrogen-bond acceptors (Lipinski definition) is 24. The Labute approximate surface area is 592 Å². The number of rotatable bonds is 49. The van der Waals surface area contributed by atoms with Gasteiger partial charge in [0.05, 0.1) is 49.7 Å². The van der Waals surface area contributed by atoms with Gasteiger partial charge in [-0.15, -0.1) is 0 Å². The van der Waals surface area contributed by atoms with E-state index in [1.165, 1.54) is 184 Å². The third-order valence-corrected chi connectivity index (χ3v) is 20.6. The monoisotopic (exact) mass is 1480 g/mol. The summed E-state index contributed by atoms with van der Waals surface area (Å²) in [7, 11) is -8.02. The zero-order chi connectivity index (χ0) is 73.5. The number of ketones is 3. The summed E-state index contributed by atoms with van der Waals surface area (Å²) in [6.07, 6.45) is 23.2. The molecule has 0 spiro atoms. The van der Waals surface area contributed by atoms with Crippen LogP contribution in [0.2, 0.25) is 0 Å². The fourth-order valence-electron chi connectivity index (χ4n) is 11.0. The first-order chi connectivity index (χ1) is 47.8. The lowest BCUT2D eigenvalue weighted by Gasteiger charge is -2.19. The van der Waals surface area contributed by atoms with E-state index in [1.807, 2.05) is 0 Å². The highest BCUT2D eigenvalue weighted by molar-refractivity contribution is 7.57. The molecule has 27 nitrogen and oxygen atoms in total. The van der Waals surface area contributed by atoms with Crippen LogP contribution in [0.25, 0.3) is 0 Å². The lowest BCUT2D eigenvalue weighted by atomic mass is 10.0. The average Bonchev–Trinajstić information content (AvgIpc) is 1.67. The van der Waals surface area contributed by atoms with Gasteiger partial charge in [-0.05, 0) is 64.7 Å². The highest BCUT2D eigenvalue weighted by Gasteiger charge is 2.51. The Kier molecular flexibility index (Phi) is 43.1. The minimum atomic E-state index is -3.88. The van der Waals surface area contributed by atoms with E-state index in [0.29, 0.717) is 56.0 Å². The second-order valence-electron chi connectivity index (χ2n) is 25.8. The number of Topliss-reactive ketones (excluding diaryl/α,β-unsaturated/α-hetero) is 3. The van der Waals surface area contributed by atoms with Crippen LogP contribution in [0.5, 0.6) is 0 Å². The number of unbranched alkanes of at least 4 members (excludes halogenated alkanes) is 18. The molecule has 6 rings (SSSR count). The highest BCUT2D eigenvalue weighted by Crippen LogP contribution is 2.50. The lowest BCUT2D eigenvalue weighted by Crippen LogP contribution is -2.46. The number of phosphoric ester groups is 2. The predicted molar refractivity (Wildman–Crippen MR) is 371 cm³/mol. The Morgan fingerprint density at radius 3 is 0.930 bits per heavy atom. The number of pyridine rings is 3. The Morgan fingerprint density at radius 2 is 0.660 bits per heavy atom. The van der Waals surface area contributed by atoms with Crippen LogP contribution in [-0.4, -0.2) is 190 Å². The van der Waals surface area contributed by atoms with E-state index >= 15 is 0 Å². The van der Waals surface area contributed by atoms with E-state index in [9.17, 15) is 58.7 Å². The Bertz CT molecular complexity index is 2950. The molecule has 570 valence electrons. The lowest BCUT2D eigenvalue weighted by molar-refractivity contribution is -0.766. The molecule has 6 heterocycles. The standard InChI is InChI=1S/C31H55NO9P.C25H43NO9P.C14H21NO6P/c1-4-5-6-7-8-9-10-11-12-13-14-15-16-21-38-22-18-23-39-42(36,37-3)40-25-28-29(34)30(35)31(41-28)32-20-17-19-27(24-32)26(2)33;1-4-5-6-7-8-9-10-15-32-16-12-17-33-36(30,31-3)34-19-22-23(28)24(29)25(35-22)26-14-11-13-21(18-26)20(2)27;1-9(16)10-5-4-6-15(7-10)14-13(18)12(17)11(21-14)8-20-22(2,3)19/h17,19-20,24,28-31,34-35H,4-16,18,21-23,25H2,1-3H3;11,13-14,18,22-25,28-29H,4-10,12,15-17,19H2,1-3H3;4-7,11-14,17-18H,8H2,1-3H3/q3*+1. The Hall–Kier alpha value is -3.57. The van der Waals surface area contributed by atoms with Crippen LogP contribution in [-0.2, 0) is 69.0 Å². The van der Waals surface area contributed by atoms with Crippen molar-refractivity contribution in [2.75, 3.05) is 87.0 Å². The van der Waals surface area contributed by atoms with Gasteiger partial charge in [-0.25, -0.2) is 9.13 Å². The smallest absolute Gasteiger partial charge is 0.387 e. The molecule has 6 N–H and O–H groups in total. The van der Waals surface area contributed by atoms with E-state index in [1.54, 1.807) is 61.2 Å². The van der Waals surface area contributed by atoms with Crippen LogP contribution in [0, 0.1) is 0 Å². The fourth-order valence-corrected chi connectivity index (χ4v) is 13.5. The van der Waals surface area contributed by atoms with Gasteiger partial charge in [-0.1, -0.05) is 129 Å². The van der Waals surface area contributed by atoms with Crippen LogP contribution < -0.4 is 13.7 Å². The first-order valence-corrected chi connectivity index (χ1v) is 41.1. The van der Waals surface area contributed by atoms with Crippen LogP contribution >= 0.6 is 23.0 Å². The largest absolute Gasteiger partial charge is 0.474 e. The fraction of sp³-hybridized carbons (Fsp3) is 0.743. The summed E-state index contributed by atoms with van der Waals surface area (Å²) >= 11 is 0. The molecule has 0 bridgehead atoms. The summed E-state index contributed by atoms with van der Waals surface area (Å²) in [6, 6.07) is 9.91. The number of phosphoric acid groups is 2. The van der Waals surface area contributed by atoms with E-state index in [4.69, 9.17) is 55.4 Å². The molecule has 0 radical (unpaired) electrons. The van der Waals surface area contributed by atoms with Crippen LogP contribution in [0.4, 0.5) is 0 Å². The molecule has 3 aliphatic heterocycles. The first-order valence-electron chi connectivity index (χ1n) is 35.7. The maximum absolute atomic E-state index is 12.8. The normalized spacial score (nSPS) is 24.0. The van der Waals surface area contributed by atoms with Gasteiger partial charge >= 0.3 is 15.6 Å². The quantitative estimate of drug-likeness (QED) is 0.0132. The van der Waals surface area contributed by atoms with Crippen molar-refractivity contribution in [3.8, 4) is 0 Å². The maximum atomic E-state index is 12.8. The minimum Gasteiger partial charge on any atom is -0.387 e. The van der Waals surface area contributed by atoms with Crippen molar-refractivity contribution in [2.45, 2.75) is 249 Å². The zero-order valence-corrected chi connectivity index (χ0v) is 63.2. The van der Waals surface area contributed by atoms with E-state index < -0.39 is 96.6 Å². The van der Waals surface area contributed by atoms with Crippen LogP contribution in [0.1, 0.15) is 226 Å². The van der Waals surface area contributed by atoms with E-state index in [0.717, 1.165) is 19.3 Å². The number of aliphatic hydroxyl groups excluding tert-OH is 6. The number of carbonyl (C=O) groups is 3. The Morgan fingerprint density at radius 1 is 0.390 bits per heavy atom. The number of nitrogens with zero attached hydrogens (tertiary/aromatic N) is 3. The molecule has 3 aromatic heterocycles. The van der Waals surface area contributed by atoms with Gasteiger partial charge in [0.15, 0.2) is 80.2 Å². The molecular formula is C70H119N3O24P3+3. The third-order valence-electron chi connectivity index (χ3n) is 17.0. The molecule has 30 heteroatoms. The number of ether oxygens (including phenoxy) is 5. The molecule has 14 atom stereocenters. The van der Waals surface area contributed by atoms with Crippen molar-refractivity contribution in [1.29, 1.82) is 0 Å². The molecule has 3 saturated heterocycles. The van der Waals surface area contributed by atoms with E-state index in [2.05, 4.69) is 13.8 Å². The van der Waals surface area contributed by atoms with E-state index in [-0.39, 0.29) is 50.4 Å². The molecule has 0 aliphatic carbocycles. The molecule has 0 amide bonds. The molecule has 3 aromatic rings. The number of aliphatic hydroxyl groups is 6. The van der Waals surface area contributed by atoms with Crippen LogP contribution in [0.15, 0.2) is 73.6 Å². The van der Waals surface area contributed by atoms with Gasteiger partial charge < -0.3 is 58.8 Å². The van der Waals surface area contributed by atoms with Crippen molar-refractivity contribution >= 4 is 40.4 Å². The molecule has 3 aliphatic rings. The average molecular weight is 1480 g/mol. The summed E-state index contributed by atoms with van der Waals surface area (Å²) in [5.74, 6) is -0.390. The van der Waals surface area contributed by atoms with Gasteiger partial charge in [0.25, 0.3) is 18.7 Å². The van der Waals surface area contributed by atoms with Gasteiger partial charge in [-0.2, -0.15) is 13.7 Å². The molecule has 100 heavy (non-hydrogen) atoms. The SMILES string of the molecule is CC(=O)c1ccc[n+](C2OC(COP(C)(C)=O)C(O)C2O)c1.CCCCCCCCCCCCCCCOCCCOP(=O)(OC)OCC1OC([n+]2cccc(C(C)=O)c2)C(O)C1O.CCCCCCCCCOCCCOP(=O)(OC)OCC1OC([n+]2cccc(C(C)=O)c2)C(O)C1O. The summed E-state index contributed by atoms with van der Waals surface area (Å²) in [6.45, 7) is 13.6. The summed E-state index contributed by atoms with van der Waals surface area (Å²) in [4.78, 5) is 34.7. The second kappa shape index (κ2) is 48.5. The summed E-state index contributed by atoms with van der Waals surface area (Å²) in [5.41, 5.74) is 1.35. The second-order valence-corrected chi connectivity index (χ2v) is 32.1. The summed E-state index contributed by atoms with van der Waals surface area (Å²) < 4.78 is 107. The van der Waals surface area contributed by atoms with Gasteiger partial charge in [-0.3, -0.25) is 46.1 Å². The predicted octanol–water partition coefficient (Wildman–Crippen LogP) is 10.2. The molecule has 14 unspecified atom stereocenters. The van der Waals surface area contributed by atoms with Crippen molar-refractivity contribution in [2.24, 2.45) is 0 Å². The zero-order valence-electron chi connectivity index (χ0n) is 60.5. The van der Waals surface area contributed by atoms with Crippen molar-refractivity contribution in [3.63, 3.8) is 0 Å². The highest BCUT2D eigenvalue weighted by atomic mass is 31.2. The van der Waals surface area contributed by atoms with Gasteiger partial charge in [0.2, 0.25) is 0 Å². The first kappa shape index (κ1) is 88.8. The molecular weight excluding hydrogens is 1360 g/mol. The van der Waals surface area contributed by atoms with Crippen LogP contribution in [0.3, 0.4) is 0 Å².